The number of pyridine rings is 3. The highest BCUT2D eigenvalue weighted by Crippen LogP contribution is 2.30. The summed E-state index contributed by atoms with van der Waals surface area (Å²) < 4.78 is 15.3. The Bertz CT molecular complexity index is 1420. The Kier molecular flexibility index (Phi) is 5.90. The Morgan fingerprint density at radius 3 is 2.94 bits per heavy atom. The lowest BCUT2D eigenvalue weighted by molar-refractivity contribution is -0.121. The first-order valence-electron chi connectivity index (χ1n) is 10.7. The second-order valence-corrected chi connectivity index (χ2v) is 8.48. The number of carbonyl (C=O) groups is 1. The van der Waals surface area contributed by atoms with Crippen LogP contribution in [0, 0.1) is 6.92 Å². The van der Waals surface area contributed by atoms with Gasteiger partial charge in [0.1, 0.15) is 18.2 Å². The standard InChI is InChI=1S/C22H23N9O2S/c1-12-14(8-27-34-33)7-24-9-16(12)18-4-13-5-19(26-10-17(13)22(23)28-18)29-20-6-15-2-3-25-21(32)11-31(15)30-20/h4-7,9-10,34H,2-3,8,11H2,1H3,(H2,23,28)(H,25,32)(H,27,33)(H,26,29,30). The summed E-state index contributed by atoms with van der Waals surface area (Å²) in [6, 6.07) is 5.76. The van der Waals surface area contributed by atoms with Gasteiger partial charge in [0.2, 0.25) is 5.91 Å². The van der Waals surface area contributed by atoms with Crippen molar-refractivity contribution >= 4 is 46.0 Å². The smallest absolute Gasteiger partial charge is 0.241 e. The summed E-state index contributed by atoms with van der Waals surface area (Å²) in [5.74, 6) is 1.54. The molecule has 1 aliphatic heterocycles. The van der Waals surface area contributed by atoms with Gasteiger partial charge in [-0.3, -0.25) is 14.5 Å². The van der Waals surface area contributed by atoms with E-state index in [0.29, 0.717) is 42.7 Å². The van der Waals surface area contributed by atoms with Crippen molar-refractivity contribution in [1.29, 1.82) is 0 Å². The molecule has 0 unspecified atom stereocenters. The number of aromatic nitrogens is 5. The molecule has 5 rings (SSSR count). The number of nitrogens with zero attached hydrogens (tertiary/aromatic N) is 5. The number of hydrogen-bond donors (Lipinski definition) is 5. The van der Waals surface area contributed by atoms with Gasteiger partial charge in [-0.2, -0.15) is 5.10 Å². The Balaban J connectivity index is 1.48. The fourth-order valence-corrected chi connectivity index (χ4v) is 4.25. The zero-order valence-corrected chi connectivity index (χ0v) is 19.3. The number of nitrogens with two attached hydrogens (primary N) is 1. The normalized spacial score (nSPS) is 13.4. The molecule has 0 spiro atoms. The van der Waals surface area contributed by atoms with Gasteiger partial charge in [-0.25, -0.2) is 18.9 Å². The van der Waals surface area contributed by atoms with Crippen LogP contribution in [0.25, 0.3) is 22.0 Å². The topological polar surface area (TPSA) is 153 Å². The molecule has 0 atom stereocenters. The van der Waals surface area contributed by atoms with E-state index in [2.05, 4.69) is 35.4 Å². The highest BCUT2D eigenvalue weighted by Gasteiger charge is 2.16. The SMILES string of the molecule is Cc1c(CN[SH]=O)cncc1-c1cc2cc(Nc3cc4n(n3)CC(=O)NCC4)ncc2c(N)n1. The number of thiol groups is 1. The second-order valence-electron chi connectivity index (χ2n) is 7.98. The number of nitrogens with one attached hydrogen (secondary N) is 3. The van der Waals surface area contributed by atoms with E-state index < -0.39 is 0 Å². The van der Waals surface area contributed by atoms with Gasteiger partial charge in [-0.15, -0.1) is 0 Å². The third kappa shape index (κ3) is 4.32. The molecule has 1 aliphatic rings. The van der Waals surface area contributed by atoms with Gasteiger partial charge >= 0.3 is 0 Å². The fourth-order valence-electron chi connectivity index (χ4n) is 4.01. The van der Waals surface area contributed by atoms with Gasteiger partial charge in [-0.1, -0.05) is 0 Å². The molecule has 0 bridgehead atoms. The molecule has 0 aromatic carbocycles. The van der Waals surface area contributed by atoms with E-state index in [9.17, 15) is 9.00 Å². The number of amides is 1. The van der Waals surface area contributed by atoms with Crippen LogP contribution in [0.1, 0.15) is 16.8 Å². The molecule has 0 aliphatic carbocycles. The largest absolute Gasteiger partial charge is 0.383 e. The van der Waals surface area contributed by atoms with Gasteiger partial charge < -0.3 is 16.4 Å². The highest BCUT2D eigenvalue weighted by molar-refractivity contribution is 7.63. The molecular formula is C22H23N9O2S. The van der Waals surface area contributed by atoms with Crippen molar-refractivity contribution < 1.29 is 9.00 Å². The minimum absolute atomic E-state index is 0.0509. The van der Waals surface area contributed by atoms with Crippen LogP contribution in [0.15, 0.2) is 36.8 Å². The Morgan fingerprint density at radius 2 is 2.09 bits per heavy atom. The lowest BCUT2D eigenvalue weighted by atomic mass is 10.0. The van der Waals surface area contributed by atoms with Crippen LogP contribution in [0.3, 0.4) is 0 Å². The number of carbonyl (C=O) groups excluding carboxylic acids is 1. The molecule has 4 aromatic heterocycles. The number of rotatable bonds is 6. The van der Waals surface area contributed by atoms with Gasteiger partial charge in [0.05, 0.1) is 17.5 Å². The van der Waals surface area contributed by atoms with Crippen LogP contribution >= 0.6 is 0 Å². The van der Waals surface area contributed by atoms with Crippen LogP contribution in [0.5, 0.6) is 0 Å². The fraction of sp³-hybridized carbons (Fsp3) is 0.227. The predicted molar refractivity (Wildman–Crippen MR) is 131 cm³/mol. The predicted octanol–water partition coefficient (Wildman–Crippen LogP) is 1.14. The summed E-state index contributed by atoms with van der Waals surface area (Å²) in [7, 11) is 0. The van der Waals surface area contributed by atoms with Crippen molar-refractivity contribution in [1.82, 2.24) is 34.8 Å². The summed E-state index contributed by atoms with van der Waals surface area (Å²) in [4.78, 5) is 25.1. The molecule has 4 aromatic rings. The first-order valence-corrected chi connectivity index (χ1v) is 11.5. The van der Waals surface area contributed by atoms with E-state index in [4.69, 9.17) is 5.73 Å². The Hall–Kier alpha value is -3.90. The minimum Gasteiger partial charge on any atom is -0.383 e. The molecule has 5 heterocycles. The third-order valence-corrected chi connectivity index (χ3v) is 6.08. The maximum atomic E-state index is 11.8. The molecule has 12 heteroatoms. The van der Waals surface area contributed by atoms with Crippen LogP contribution in [0.4, 0.5) is 17.5 Å². The molecule has 0 saturated heterocycles. The molecule has 0 saturated carbocycles. The molecule has 0 radical (unpaired) electrons. The average Bonchev–Trinajstić information content (AvgIpc) is 3.09. The van der Waals surface area contributed by atoms with Gasteiger partial charge in [0.15, 0.2) is 5.82 Å². The van der Waals surface area contributed by atoms with E-state index in [-0.39, 0.29) is 24.3 Å². The molecule has 0 fully saturated rings. The van der Waals surface area contributed by atoms with Crippen molar-refractivity contribution in [3.05, 3.63) is 53.6 Å². The van der Waals surface area contributed by atoms with E-state index in [1.807, 2.05) is 25.1 Å². The number of hydrogen-bond acceptors (Lipinski definition) is 8. The van der Waals surface area contributed by atoms with Gasteiger partial charge in [0, 0.05) is 60.8 Å². The van der Waals surface area contributed by atoms with Crippen molar-refractivity contribution in [2.75, 3.05) is 17.6 Å². The molecule has 5 N–H and O–H groups in total. The maximum absolute atomic E-state index is 11.8. The molecule has 174 valence electrons. The van der Waals surface area contributed by atoms with Crippen LogP contribution in [-0.2, 0) is 36.2 Å². The maximum Gasteiger partial charge on any atom is 0.241 e. The zero-order valence-electron chi connectivity index (χ0n) is 18.4. The number of fused-ring (bicyclic) bond motifs is 2. The summed E-state index contributed by atoms with van der Waals surface area (Å²) in [6.07, 6.45) is 5.88. The van der Waals surface area contributed by atoms with Crippen molar-refractivity contribution in [2.45, 2.75) is 26.4 Å². The lowest BCUT2D eigenvalue weighted by Crippen LogP contribution is -2.25. The Morgan fingerprint density at radius 1 is 1.21 bits per heavy atom. The quantitative estimate of drug-likeness (QED) is 0.259. The van der Waals surface area contributed by atoms with Gasteiger partial charge in [0.25, 0.3) is 0 Å². The highest BCUT2D eigenvalue weighted by atomic mass is 32.2. The summed E-state index contributed by atoms with van der Waals surface area (Å²) in [6.45, 7) is 3.19. The molecular weight excluding hydrogens is 454 g/mol. The second kappa shape index (κ2) is 9.15. The lowest BCUT2D eigenvalue weighted by Gasteiger charge is -2.12. The summed E-state index contributed by atoms with van der Waals surface area (Å²) in [5.41, 5.74) is 10.7. The molecule has 34 heavy (non-hydrogen) atoms. The van der Waals surface area contributed by atoms with E-state index >= 15 is 0 Å². The monoisotopic (exact) mass is 477 g/mol. The first-order chi connectivity index (χ1) is 16.5. The van der Waals surface area contributed by atoms with E-state index in [1.54, 1.807) is 23.3 Å². The molecule has 1 amide bonds. The van der Waals surface area contributed by atoms with Crippen LogP contribution in [-0.4, -0.2) is 41.4 Å². The number of anilines is 3. The minimum atomic E-state index is -0.134. The Labute approximate surface area is 198 Å². The van der Waals surface area contributed by atoms with E-state index in [0.717, 1.165) is 33.2 Å². The zero-order chi connectivity index (χ0) is 23.7. The van der Waals surface area contributed by atoms with Crippen LogP contribution < -0.4 is 21.1 Å². The van der Waals surface area contributed by atoms with E-state index in [1.165, 1.54) is 0 Å². The van der Waals surface area contributed by atoms with Crippen molar-refractivity contribution in [3.8, 4) is 11.3 Å². The summed E-state index contributed by atoms with van der Waals surface area (Å²) in [5, 5.41) is 12.2. The molecule has 11 nitrogen and oxygen atoms in total. The third-order valence-electron chi connectivity index (χ3n) is 5.79. The summed E-state index contributed by atoms with van der Waals surface area (Å²) >= 11 is -0.134. The van der Waals surface area contributed by atoms with Gasteiger partial charge in [-0.05, 0) is 35.6 Å². The van der Waals surface area contributed by atoms with Crippen LogP contribution in [0.2, 0.25) is 0 Å². The van der Waals surface area contributed by atoms with Crippen molar-refractivity contribution in [2.24, 2.45) is 0 Å². The average molecular weight is 478 g/mol. The van der Waals surface area contributed by atoms with Crippen molar-refractivity contribution in [3.63, 3.8) is 0 Å². The number of nitrogen functional groups attached to an aromatic ring is 1. The first kappa shape index (κ1) is 21.9.